The molecule has 0 aliphatic rings. The van der Waals surface area contributed by atoms with Crippen molar-refractivity contribution >= 4 is 46.0 Å². The van der Waals surface area contributed by atoms with Gasteiger partial charge in [0.25, 0.3) is 11.5 Å². The molecule has 4 aromatic carbocycles. The molecule has 0 aliphatic carbocycles. The zero-order valence-corrected chi connectivity index (χ0v) is 24.6. The Kier molecular flexibility index (Phi) is 8.73. The van der Waals surface area contributed by atoms with Crippen molar-refractivity contribution in [1.82, 2.24) is 14.5 Å². The Morgan fingerprint density at radius 2 is 1.59 bits per heavy atom. The number of anilines is 1. The van der Waals surface area contributed by atoms with Crippen molar-refractivity contribution in [2.24, 2.45) is 0 Å². The Labute approximate surface area is 256 Å². The number of rotatable bonds is 8. The highest BCUT2D eigenvalue weighted by molar-refractivity contribution is 6.31. The lowest BCUT2D eigenvalue weighted by Gasteiger charge is -2.16. The maximum Gasteiger partial charge on any atom is 0.339 e. The number of para-hydroxylation sites is 1. The Morgan fingerprint density at radius 3 is 2.32 bits per heavy atom. The molecule has 2 N–H and O–H groups in total. The van der Waals surface area contributed by atoms with Gasteiger partial charge in [-0.2, -0.15) is 0 Å². The van der Waals surface area contributed by atoms with Gasteiger partial charge in [-0.25, -0.2) is 14.2 Å². The SMILES string of the molecule is COC(=O)c1ccccc1NC(=O)Cn1c(=O)n(-c2ccc(C)cc2)c(=O)c2ccc(C(=O)NCc3ccccc3Cl)cc21. The molecule has 0 bridgehead atoms. The van der Waals surface area contributed by atoms with E-state index in [0.29, 0.717) is 16.3 Å². The van der Waals surface area contributed by atoms with Gasteiger partial charge in [0.1, 0.15) is 6.54 Å². The van der Waals surface area contributed by atoms with Crippen molar-refractivity contribution in [3.8, 4) is 5.69 Å². The third kappa shape index (κ3) is 6.16. The normalized spacial score (nSPS) is 10.8. The number of methoxy groups -OCH3 is 1. The number of hydrogen-bond acceptors (Lipinski definition) is 6. The minimum Gasteiger partial charge on any atom is -0.465 e. The van der Waals surface area contributed by atoms with Gasteiger partial charge in [-0.05, 0) is 61.0 Å². The van der Waals surface area contributed by atoms with E-state index < -0.39 is 35.6 Å². The molecular formula is C33H27ClN4O6. The zero-order chi connectivity index (χ0) is 31.4. The molecule has 0 aliphatic heterocycles. The van der Waals surface area contributed by atoms with Crippen LogP contribution in [0.15, 0.2) is 101 Å². The fourth-order valence-electron chi connectivity index (χ4n) is 4.72. The van der Waals surface area contributed by atoms with Crippen molar-refractivity contribution in [1.29, 1.82) is 0 Å². The smallest absolute Gasteiger partial charge is 0.339 e. The third-order valence-corrected chi connectivity index (χ3v) is 7.37. The molecule has 0 saturated heterocycles. The molecule has 0 atom stereocenters. The summed E-state index contributed by atoms with van der Waals surface area (Å²) in [5, 5.41) is 6.06. The molecule has 0 saturated carbocycles. The number of aromatic nitrogens is 2. The summed E-state index contributed by atoms with van der Waals surface area (Å²) in [6, 6.07) is 24.5. The maximum absolute atomic E-state index is 13.9. The molecule has 11 heteroatoms. The highest BCUT2D eigenvalue weighted by Crippen LogP contribution is 2.19. The summed E-state index contributed by atoms with van der Waals surface area (Å²) in [6.07, 6.45) is 0. The lowest BCUT2D eigenvalue weighted by Crippen LogP contribution is -2.41. The number of benzene rings is 4. The first-order chi connectivity index (χ1) is 21.2. The molecule has 1 heterocycles. The summed E-state index contributed by atoms with van der Waals surface area (Å²) in [4.78, 5) is 66.2. The van der Waals surface area contributed by atoms with E-state index in [1.807, 2.05) is 6.92 Å². The van der Waals surface area contributed by atoms with E-state index in [2.05, 4.69) is 10.6 Å². The summed E-state index contributed by atoms with van der Waals surface area (Å²) < 4.78 is 6.90. The van der Waals surface area contributed by atoms with Crippen molar-refractivity contribution in [3.05, 3.63) is 139 Å². The first-order valence-corrected chi connectivity index (χ1v) is 13.9. The Morgan fingerprint density at radius 1 is 0.886 bits per heavy atom. The van der Waals surface area contributed by atoms with Crippen LogP contribution in [-0.2, 0) is 22.6 Å². The third-order valence-electron chi connectivity index (χ3n) is 7.00. The lowest BCUT2D eigenvalue weighted by molar-refractivity contribution is -0.116. The number of nitrogens with one attached hydrogen (secondary N) is 2. The molecule has 44 heavy (non-hydrogen) atoms. The molecule has 222 valence electrons. The number of hydrogen-bond donors (Lipinski definition) is 2. The number of amides is 2. The van der Waals surface area contributed by atoms with Gasteiger partial charge in [0, 0.05) is 17.1 Å². The number of fused-ring (bicyclic) bond motifs is 1. The number of carbonyl (C=O) groups is 3. The molecule has 1 aromatic heterocycles. The fraction of sp³-hybridized carbons (Fsp3) is 0.121. The van der Waals surface area contributed by atoms with Crippen LogP contribution in [0.1, 0.15) is 31.8 Å². The lowest BCUT2D eigenvalue weighted by atomic mass is 10.1. The first kappa shape index (κ1) is 30.0. The van der Waals surface area contributed by atoms with E-state index in [9.17, 15) is 24.0 Å². The van der Waals surface area contributed by atoms with Crippen molar-refractivity contribution in [2.45, 2.75) is 20.0 Å². The van der Waals surface area contributed by atoms with Crippen molar-refractivity contribution in [3.63, 3.8) is 0 Å². The van der Waals surface area contributed by atoms with Gasteiger partial charge in [0.05, 0.1) is 35.0 Å². The summed E-state index contributed by atoms with van der Waals surface area (Å²) in [5.74, 6) is -1.76. The predicted molar refractivity (Wildman–Crippen MR) is 168 cm³/mol. The number of aryl methyl sites for hydroxylation is 1. The zero-order valence-electron chi connectivity index (χ0n) is 23.8. The monoisotopic (exact) mass is 610 g/mol. The summed E-state index contributed by atoms with van der Waals surface area (Å²) in [6.45, 7) is 1.50. The van der Waals surface area contributed by atoms with Crippen LogP contribution in [0.3, 0.4) is 0 Å². The van der Waals surface area contributed by atoms with Crippen LogP contribution in [0.5, 0.6) is 0 Å². The second kappa shape index (κ2) is 12.8. The van der Waals surface area contributed by atoms with E-state index in [1.165, 1.54) is 37.4 Å². The van der Waals surface area contributed by atoms with Crippen LogP contribution in [0.25, 0.3) is 16.6 Å². The van der Waals surface area contributed by atoms with E-state index in [1.54, 1.807) is 60.7 Å². The van der Waals surface area contributed by atoms with E-state index in [0.717, 1.165) is 14.7 Å². The van der Waals surface area contributed by atoms with Gasteiger partial charge < -0.3 is 15.4 Å². The number of nitrogens with zero attached hydrogens (tertiary/aromatic N) is 2. The molecule has 2 amide bonds. The molecular weight excluding hydrogens is 584 g/mol. The predicted octanol–water partition coefficient (Wildman–Crippen LogP) is 4.47. The summed E-state index contributed by atoms with van der Waals surface area (Å²) in [5.41, 5.74) is 1.15. The highest BCUT2D eigenvalue weighted by atomic mass is 35.5. The fourth-order valence-corrected chi connectivity index (χ4v) is 4.92. The van der Waals surface area contributed by atoms with Crippen LogP contribution in [0, 0.1) is 6.92 Å². The quantitative estimate of drug-likeness (QED) is 0.250. The van der Waals surface area contributed by atoms with Crippen LogP contribution in [0.4, 0.5) is 5.69 Å². The molecule has 5 aromatic rings. The van der Waals surface area contributed by atoms with Gasteiger partial charge in [-0.1, -0.05) is 59.6 Å². The van der Waals surface area contributed by atoms with Crippen LogP contribution >= 0.6 is 11.6 Å². The van der Waals surface area contributed by atoms with Crippen molar-refractivity contribution in [2.75, 3.05) is 12.4 Å². The van der Waals surface area contributed by atoms with Crippen LogP contribution in [-0.4, -0.2) is 34.0 Å². The standard InChI is InChI=1S/C33H27ClN4O6/c1-20-11-14-23(15-12-20)38-31(41)25-16-13-21(30(40)35-18-22-7-3-5-9-26(22)34)17-28(25)37(33(38)43)19-29(39)36-27-10-6-4-8-24(27)32(42)44-2/h3-17H,18-19H2,1-2H3,(H,35,40)(H,36,39). The number of esters is 1. The molecule has 0 unspecified atom stereocenters. The number of halogens is 1. The maximum atomic E-state index is 13.9. The number of carbonyl (C=O) groups excluding carboxylic acids is 3. The Balaban J connectivity index is 1.57. The van der Waals surface area contributed by atoms with E-state index in [-0.39, 0.29) is 34.3 Å². The summed E-state index contributed by atoms with van der Waals surface area (Å²) >= 11 is 6.21. The number of ether oxygens (including phenoxy) is 1. The Bertz CT molecular complexity index is 2030. The van der Waals surface area contributed by atoms with E-state index >= 15 is 0 Å². The highest BCUT2D eigenvalue weighted by Gasteiger charge is 2.20. The van der Waals surface area contributed by atoms with Gasteiger partial charge in [0.15, 0.2) is 0 Å². The Hall–Kier alpha value is -5.48. The van der Waals surface area contributed by atoms with Gasteiger partial charge in [-0.3, -0.25) is 19.0 Å². The van der Waals surface area contributed by atoms with Crippen LogP contribution in [0.2, 0.25) is 5.02 Å². The largest absolute Gasteiger partial charge is 0.465 e. The molecule has 10 nitrogen and oxygen atoms in total. The first-order valence-electron chi connectivity index (χ1n) is 13.5. The molecule has 0 spiro atoms. The van der Waals surface area contributed by atoms with Gasteiger partial charge >= 0.3 is 11.7 Å². The van der Waals surface area contributed by atoms with Gasteiger partial charge in [-0.15, -0.1) is 0 Å². The average molecular weight is 611 g/mol. The van der Waals surface area contributed by atoms with Gasteiger partial charge in [0.2, 0.25) is 5.91 Å². The topological polar surface area (TPSA) is 128 Å². The molecule has 0 radical (unpaired) electrons. The second-order valence-electron chi connectivity index (χ2n) is 9.94. The minimum absolute atomic E-state index is 0.0881. The van der Waals surface area contributed by atoms with E-state index in [4.69, 9.17) is 16.3 Å². The van der Waals surface area contributed by atoms with Crippen molar-refractivity contribution < 1.29 is 19.1 Å². The second-order valence-corrected chi connectivity index (χ2v) is 10.3. The summed E-state index contributed by atoms with van der Waals surface area (Å²) in [7, 11) is 1.23. The molecule has 5 rings (SSSR count). The average Bonchev–Trinajstić information content (AvgIpc) is 3.03. The molecule has 0 fully saturated rings. The minimum atomic E-state index is -0.781. The van der Waals surface area contributed by atoms with Crippen LogP contribution < -0.4 is 21.9 Å².